The first-order valence-electron chi connectivity index (χ1n) is 3.47. The van der Waals surface area contributed by atoms with E-state index >= 15 is 0 Å². The first-order chi connectivity index (χ1) is 4.72. The van der Waals surface area contributed by atoms with Crippen molar-refractivity contribution in [3.05, 3.63) is 0 Å². The Labute approximate surface area is 75.2 Å². The van der Waals surface area contributed by atoms with Crippen LogP contribution in [0.25, 0.3) is 0 Å². The van der Waals surface area contributed by atoms with Crippen molar-refractivity contribution in [1.82, 2.24) is 4.90 Å². The van der Waals surface area contributed by atoms with Crippen LogP contribution in [0.2, 0.25) is 0 Å². The molecule has 0 aromatic heterocycles. The van der Waals surface area contributed by atoms with E-state index in [1.165, 1.54) is 19.3 Å². The Kier molecular flexibility index (Phi) is 3.41. The van der Waals surface area contributed by atoms with Crippen molar-refractivity contribution in [2.75, 3.05) is 6.54 Å². The summed E-state index contributed by atoms with van der Waals surface area (Å²) in [5, 5.41) is 0. The molecule has 10 heavy (non-hydrogen) atoms. The Morgan fingerprint density at radius 1 is 1.60 bits per heavy atom. The van der Waals surface area contributed by atoms with Crippen molar-refractivity contribution in [2.45, 2.75) is 25.0 Å². The zero-order chi connectivity index (χ0) is 7.56. The van der Waals surface area contributed by atoms with Crippen LogP contribution < -0.4 is 0 Å². The number of thiocarbonyl (C=S) groups is 1. The molecule has 58 valence electrons. The normalized spacial score (nSPS) is 26.6. The molecule has 0 radical (unpaired) electrons. The minimum absolute atomic E-state index is 0.527. The number of piperidine rings is 1. The monoisotopic (exact) mass is 193 g/mol. The fraction of sp³-hybridized carbons (Fsp3) is 0.833. The van der Waals surface area contributed by atoms with Crippen LogP contribution in [0.5, 0.6) is 0 Å². The van der Waals surface area contributed by atoms with Gasteiger partial charge in [-0.3, -0.25) is 0 Å². The zero-order valence-electron chi connectivity index (χ0n) is 5.79. The summed E-state index contributed by atoms with van der Waals surface area (Å²) in [5.41, 5.74) is 0. The number of thiol groups is 1. The van der Waals surface area contributed by atoms with Crippen molar-refractivity contribution >= 4 is 38.4 Å². The van der Waals surface area contributed by atoms with Gasteiger partial charge < -0.3 is 4.90 Å². The number of rotatable bonds is 0. The molecule has 0 amide bonds. The van der Waals surface area contributed by atoms with Crippen molar-refractivity contribution in [2.24, 2.45) is 0 Å². The lowest BCUT2D eigenvalue weighted by Gasteiger charge is -2.33. The van der Waals surface area contributed by atoms with Gasteiger partial charge >= 0.3 is 0 Å². The number of hydrogen-bond acceptors (Lipinski definition) is 1. The molecule has 0 saturated carbocycles. The van der Waals surface area contributed by atoms with Crippen LogP contribution in [0.3, 0.4) is 0 Å². The van der Waals surface area contributed by atoms with E-state index < -0.39 is 0 Å². The molecule has 0 aromatic rings. The van der Waals surface area contributed by atoms with E-state index in [4.69, 9.17) is 12.2 Å². The molecule has 1 fully saturated rings. The molecule has 0 aliphatic carbocycles. The predicted molar refractivity (Wildman–Crippen MR) is 55.6 cm³/mol. The summed E-state index contributed by atoms with van der Waals surface area (Å²) in [7, 11) is 2.80. The lowest BCUT2D eigenvalue weighted by Crippen LogP contribution is -2.37. The minimum atomic E-state index is 0.527. The first-order valence-corrected chi connectivity index (χ1v) is 4.99. The van der Waals surface area contributed by atoms with Gasteiger partial charge in [-0.1, -0.05) is 12.2 Å². The predicted octanol–water partition coefficient (Wildman–Crippen LogP) is 1.89. The van der Waals surface area contributed by atoms with Crippen molar-refractivity contribution in [3.63, 3.8) is 0 Å². The van der Waals surface area contributed by atoms with Crippen LogP contribution in [-0.4, -0.2) is 21.5 Å². The highest BCUT2D eigenvalue weighted by molar-refractivity contribution is 8.10. The van der Waals surface area contributed by atoms with E-state index in [2.05, 4.69) is 26.8 Å². The van der Waals surface area contributed by atoms with Crippen LogP contribution in [0.4, 0.5) is 0 Å². The molecule has 0 bridgehead atoms. The topological polar surface area (TPSA) is 3.24 Å². The third kappa shape index (κ3) is 2.08. The molecule has 2 atom stereocenters. The van der Waals surface area contributed by atoms with E-state index in [9.17, 15) is 0 Å². The summed E-state index contributed by atoms with van der Waals surface area (Å²) >= 11 is 9.11. The Hall–Kier alpha value is 0.670. The quantitative estimate of drug-likeness (QED) is 0.355. The maximum Gasteiger partial charge on any atom is 0.133 e. The van der Waals surface area contributed by atoms with Crippen LogP contribution in [-0.2, 0) is 0 Å². The van der Waals surface area contributed by atoms with Crippen molar-refractivity contribution in [3.8, 4) is 0 Å². The van der Waals surface area contributed by atoms with Crippen molar-refractivity contribution < 1.29 is 0 Å². The van der Waals surface area contributed by atoms with Crippen LogP contribution >= 0.6 is 34.1 Å². The van der Waals surface area contributed by atoms with Gasteiger partial charge in [0.2, 0.25) is 0 Å². The Morgan fingerprint density at radius 2 is 2.30 bits per heavy atom. The molecule has 1 saturated heterocycles. The maximum atomic E-state index is 4.97. The summed E-state index contributed by atoms with van der Waals surface area (Å²) in [6.07, 6.45) is 3.80. The highest BCUT2D eigenvalue weighted by Crippen LogP contribution is 2.22. The molecule has 0 spiro atoms. The molecular formula is C6H12NPS2. The van der Waals surface area contributed by atoms with Gasteiger partial charge in [0.1, 0.15) is 4.32 Å². The van der Waals surface area contributed by atoms with E-state index in [0.29, 0.717) is 5.78 Å². The average molecular weight is 193 g/mol. The lowest BCUT2D eigenvalue weighted by molar-refractivity contribution is 0.324. The molecule has 1 aliphatic heterocycles. The fourth-order valence-corrected chi connectivity index (χ4v) is 2.44. The summed E-state index contributed by atoms with van der Waals surface area (Å²) in [5.74, 6) is 0.527. The van der Waals surface area contributed by atoms with E-state index in [1.807, 2.05) is 0 Å². The second-order valence-electron chi connectivity index (χ2n) is 2.54. The van der Waals surface area contributed by atoms with Crippen LogP contribution in [0, 0.1) is 0 Å². The SMILES string of the molecule is PC1CCCCN1C(=S)S. The molecule has 0 N–H and O–H groups in total. The molecule has 1 aliphatic rings. The largest absolute Gasteiger partial charge is 0.351 e. The highest BCUT2D eigenvalue weighted by atomic mass is 32.1. The summed E-state index contributed by atoms with van der Waals surface area (Å²) in [6.45, 7) is 1.08. The van der Waals surface area contributed by atoms with Gasteiger partial charge in [0.05, 0.1) is 0 Å². The lowest BCUT2D eigenvalue weighted by atomic mass is 10.1. The fourth-order valence-electron chi connectivity index (χ4n) is 1.19. The number of likely N-dealkylation sites (tertiary alicyclic amines) is 1. The molecule has 2 unspecified atom stereocenters. The standard InChI is InChI=1S/C6H12NPS2/c8-5-3-1-2-4-7(5)6(9)10/h5H,1-4,8H2,(H,9,10). The minimum Gasteiger partial charge on any atom is -0.351 e. The van der Waals surface area contributed by atoms with Gasteiger partial charge in [0.15, 0.2) is 0 Å². The van der Waals surface area contributed by atoms with Gasteiger partial charge in [0, 0.05) is 12.3 Å². The second kappa shape index (κ2) is 3.89. The van der Waals surface area contributed by atoms with Crippen molar-refractivity contribution in [1.29, 1.82) is 0 Å². The zero-order valence-corrected chi connectivity index (χ0v) is 8.65. The van der Waals surface area contributed by atoms with Gasteiger partial charge in [-0.25, -0.2) is 0 Å². The Morgan fingerprint density at radius 3 is 2.70 bits per heavy atom. The molecular weight excluding hydrogens is 181 g/mol. The Bertz CT molecular complexity index is 140. The summed E-state index contributed by atoms with van der Waals surface area (Å²) < 4.78 is 0.736. The van der Waals surface area contributed by atoms with E-state index in [1.54, 1.807) is 0 Å². The third-order valence-electron chi connectivity index (χ3n) is 1.79. The summed E-state index contributed by atoms with van der Waals surface area (Å²) in [6, 6.07) is 0. The summed E-state index contributed by atoms with van der Waals surface area (Å²) in [4.78, 5) is 2.16. The van der Waals surface area contributed by atoms with E-state index in [-0.39, 0.29) is 0 Å². The third-order valence-corrected chi connectivity index (χ3v) is 2.98. The van der Waals surface area contributed by atoms with Gasteiger partial charge in [0.25, 0.3) is 0 Å². The molecule has 0 aromatic carbocycles. The molecule has 1 heterocycles. The van der Waals surface area contributed by atoms with Crippen LogP contribution in [0.15, 0.2) is 0 Å². The molecule has 1 rings (SSSR count). The number of nitrogens with zero attached hydrogens (tertiary/aromatic N) is 1. The average Bonchev–Trinajstić information content (AvgIpc) is 1.88. The molecule has 4 heteroatoms. The molecule has 1 nitrogen and oxygen atoms in total. The Balaban J connectivity index is 2.47. The van der Waals surface area contributed by atoms with Gasteiger partial charge in [-0.15, -0.1) is 21.9 Å². The maximum absolute atomic E-state index is 4.97. The van der Waals surface area contributed by atoms with Gasteiger partial charge in [-0.2, -0.15) is 0 Å². The highest BCUT2D eigenvalue weighted by Gasteiger charge is 2.18. The second-order valence-corrected chi connectivity index (χ2v) is 4.42. The first kappa shape index (κ1) is 8.76. The smallest absolute Gasteiger partial charge is 0.133 e. The van der Waals surface area contributed by atoms with E-state index in [0.717, 1.165) is 10.9 Å². The van der Waals surface area contributed by atoms with Gasteiger partial charge in [-0.05, 0) is 19.3 Å². The number of hydrogen-bond donors (Lipinski definition) is 1. The van der Waals surface area contributed by atoms with Crippen LogP contribution in [0.1, 0.15) is 19.3 Å².